The third-order valence-corrected chi connectivity index (χ3v) is 5.65. The fourth-order valence-corrected chi connectivity index (χ4v) is 3.81. The monoisotopic (exact) mass is 506 g/mol. The molecule has 0 saturated carbocycles. The summed E-state index contributed by atoms with van der Waals surface area (Å²) in [5, 5.41) is 21.7. The van der Waals surface area contributed by atoms with Crippen molar-refractivity contribution in [2.75, 3.05) is 26.2 Å². The van der Waals surface area contributed by atoms with Gasteiger partial charge in [0.15, 0.2) is 0 Å². The first-order chi connectivity index (χ1) is 15.6. The van der Waals surface area contributed by atoms with E-state index in [4.69, 9.17) is 10.5 Å². The summed E-state index contributed by atoms with van der Waals surface area (Å²) in [4.78, 5) is 2.16. The van der Waals surface area contributed by atoms with Gasteiger partial charge in [0.1, 0.15) is 12.4 Å². The van der Waals surface area contributed by atoms with Gasteiger partial charge in [0.2, 0.25) is 0 Å². The Hall–Kier alpha value is -2.12. The van der Waals surface area contributed by atoms with E-state index in [1.54, 1.807) is 0 Å². The summed E-state index contributed by atoms with van der Waals surface area (Å²) in [7, 11) is 0. The van der Waals surface area contributed by atoms with Gasteiger partial charge in [-0.1, -0.05) is 72.8 Å². The van der Waals surface area contributed by atoms with Crippen molar-refractivity contribution in [2.45, 2.75) is 31.6 Å². The summed E-state index contributed by atoms with van der Waals surface area (Å²) >= 11 is 0. The Morgan fingerprint density at radius 3 is 1.68 bits per heavy atom. The third-order valence-electron chi connectivity index (χ3n) is 5.65. The second-order valence-corrected chi connectivity index (χ2v) is 8.14. The number of nitrogens with zero attached hydrogens (tertiary/aromatic N) is 1. The zero-order valence-electron chi connectivity index (χ0n) is 19.5. The molecule has 3 aromatic carbocycles. The van der Waals surface area contributed by atoms with Crippen LogP contribution in [0.25, 0.3) is 0 Å². The minimum atomic E-state index is -0.631. The molecule has 0 heterocycles. The Balaban J connectivity index is 0.00000289. The molecular weight excluding hydrogens is 471 g/mol. The van der Waals surface area contributed by atoms with E-state index < -0.39 is 12.2 Å². The number of nitrogens with two attached hydrogens (primary N) is 1. The Kier molecular flexibility index (Phi) is 13.8. The standard InChI is InChI=1S/C27H34N2O3.2ClH/c1-21(18-22-12-14-25(15-13-22)32-17-16-28)29(19-26(30)23-8-4-2-5-9-23)20-27(31)24-10-6-3-7-11-24;;/h2-15,21,26-27,30-31H,16-20,28H2,1H3;2*1H/t21-,26+,27+;;/m1../s1. The summed E-state index contributed by atoms with van der Waals surface area (Å²) in [5.41, 5.74) is 8.42. The number of aliphatic hydroxyl groups is 2. The van der Waals surface area contributed by atoms with E-state index in [9.17, 15) is 10.2 Å². The number of hydrogen-bond acceptors (Lipinski definition) is 5. The second-order valence-electron chi connectivity index (χ2n) is 8.14. The highest BCUT2D eigenvalue weighted by molar-refractivity contribution is 5.85. The first kappa shape index (κ1) is 29.9. The lowest BCUT2D eigenvalue weighted by molar-refractivity contribution is 0.0480. The van der Waals surface area contributed by atoms with Crippen LogP contribution < -0.4 is 10.5 Å². The highest BCUT2D eigenvalue weighted by Gasteiger charge is 2.22. The van der Waals surface area contributed by atoms with Gasteiger partial charge >= 0.3 is 0 Å². The molecular formula is C27H36Cl2N2O3. The van der Waals surface area contributed by atoms with Gasteiger partial charge in [0.05, 0.1) is 12.2 Å². The van der Waals surface area contributed by atoms with Gasteiger partial charge in [-0.3, -0.25) is 4.90 Å². The molecule has 0 unspecified atom stereocenters. The highest BCUT2D eigenvalue weighted by Crippen LogP contribution is 2.22. The predicted octanol–water partition coefficient (Wildman–Crippen LogP) is 4.57. The van der Waals surface area contributed by atoms with Crippen molar-refractivity contribution in [1.29, 1.82) is 0 Å². The number of halogens is 2. The van der Waals surface area contributed by atoms with Gasteiger partial charge in [-0.15, -0.1) is 24.8 Å². The average molecular weight is 508 g/mol. The van der Waals surface area contributed by atoms with E-state index in [2.05, 4.69) is 24.0 Å². The first-order valence-electron chi connectivity index (χ1n) is 11.2. The fraction of sp³-hybridized carbons (Fsp3) is 0.333. The molecule has 3 rings (SSSR count). The SMILES string of the molecule is C[C@H](Cc1ccc(OCCN)cc1)N(C[C@H](O)c1ccccc1)C[C@H](O)c1ccccc1.Cl.Cl. The molecule has 0 spiro atoms. The van der Waals surface area contributed by atoms with Crippen LogP contribution in [0, 0.1) is 0 Å². The molecule has 4 N–H and O–H groups in total. The molecule has 0 aliphatic rings. The summed E-state index contributed by atoms with van der Waals surface area (Å²) < 4.78 is 5.56. The molecule has 0 amide bonds. The molecule has 3 atom stereocenters. The Labute approximate surface area is 215 Å². The van der Waals surface area contributed by atoms with E-state index >= 15 is 0 Å². The van der Waals surface area contributed by atoms with Crippen molar-refractivity contribution < 1.29 is 14.9 Å². The first-order valence-corrected chi connectivity index (χ1v) is 11.2. The topological polar surface area (TPSA) is 79.0 Å². The van der Waals surface area contributed by atoms with Crippen LogP contribution in [-0.2, 0) is 6.42 Å². The van der Waals surface area contributed by atoms with Crippen molar-refractivity contribution in [1.82, 2.24) is 4.90 Å². The van der Waals surface area contributed by atoms with Crippen molar-refractivity contribution in [3.63, 3.8) is 0 Å². The molecule has 0 bridgehead atoms. The third kappa shape index (κ3) is 9.26. The maximum atomic E-state index is 10.9. The molecule has 0 saturated heterocycles. The number of aliphatic hydroxyl groups excluding tert-OH is 2. The maximum Gasteiger partial charge on any atom is 0.119 e. The van der Waals surface area contributed by atoms with Crippen molar-refractivity contribution >= 4 is 24.8 Å². The fourth-order valence-electron chi connectivity index (χ4n) is 3.81. The summed E-state index contributed by atoms with van der Waals surface area (Å²) in [6.45, 7) is 3.99. The van der Waals surface area contributed by atoms with Crippen LogP contribution in [0.3, 0.4) is 0 Å². The van der Waals surface area contributed by atoms with Gasteiger partial charge in [0.25, 0.3) is 0 Å². The van der Waals surface area contributed by atoms with Crippen molar-refractivity contribution in [3.8, 4) is 5.75 Å². The van der Waals surface area contributed by atoms with Crippen LogP contribution in [0.1, 0.15) is 35.8 Å². The van der Waals surface area contributed by atoms with Crippen LogP contribution in [0.2, 0.25) is 0 Å². The molecule has 34 heavy (non-hydrogen) atoms. The lowest BCUT2D eigenvalue weighted by atomic mass is 10.0. The molecule has 0 aliphatic heterocycles. The van der Waals surface area contributed by atoms with E-state index in [0.717, 1.165) is 23.3 Å². The normalized spacial score (nSPS) is 13.3. The smallest absolute Gasteiger partial charge is 0.119 e. The van der Waals surface area contributed by atoms with E-state index in [0.29, 0.717) is 26.2 Å². The van der Waals surface area contributed by atoms with E-state index in [-0.39, 0.29) is 30.9 Å². The van der Waals surface area contributed by atoms with Gasteiger partial charge in [-0.25, -0.2) is 0 Å². The number of benzene rings is 3. The Morgan fingerprint density at radius 1 is 0.765 bits per heavy atom. The molecule has 0 aromatic heterocycles. The van der Waals surface area contributed by atoms with Crippen LogP contribution in [-0.4, -0.2) is 47.4 Å². The Bertz CT molecular complexity index is 867. The lowest BCUT2D eigenvalue weighted by Gasteiger charge is -2.33. The molecule has 5 nitrogen and oxygen atoms in total. The van der Waals surface area contributed by atoms with Crippen molar-refractivity contribution in [2.24, 2.45) is 5.73 Å². The summed E-state index contributed by atoms with van der Waals surface area (Å²) in [5.74, 6) is 0.808. The number of ether oxygens (including phenoxy) is 1. The minimum absolute atomic E-state index is 0. The molecule has 186 valence electrons. The Morgan fingerprint density at radius 2 is 1.24 bits per heavy atom. The molecule has 0 aliphatic carbocycles. The van der Waals surface area contributed by atoms with E-state index in [1.165, 1.54) is 5.56 Å². The molecule has 0 fully saturated rings. The maximum absolute atomic E-state index is 10.9. The van der Waals surface area contributed by atoms with Crippen molar-refractivity contribution in [3.05, 3.63) is 102 Å². The zero-order chi connectivity index (χ0) is 22.8. The quantitative estimate of drug-likeness (QED) is 0.335. The van der Waals surface area contributed by atoms with Gasteiger partial charge in [-0.05, 0) is 42.2 Å². The summed E-state index contributed by atoms with van der Waals surface area (Å²) in [6, 6.07) is 27.5. The van der Waals surface area contributed by atoms with Gasteiger partial charge < -0.3 is 20.7 Å². The van der Waals surface area contributed by atoms with Gasteiger partial charge in [0, 0.05) is 25.7 Å². The van der Waals surface area contributed by atoms with Crippen LogP contribution in [0.15, 0.2) is 84.9 Å². The zero-order valence-corrected chi connectivity index (χ0v) is 21.1. The minimum Gasteiger partial charge on any atom is -0.492 e. The van der Waals surface area contributed by atoms with Crippen LogP contribution in [0.4, 0.5) is 0 Å². The predicted molar refractivity (Wildman–Crippen MR) is 143 cm³/mol. The largest absolute Gasteiger partial charge is 0.492 e. The lowest BCUT2D eigenvalue weighted by Crippen LogP contribution is -2.40. The number of hydrogen-bond donors (Lipinski definition) is 3. The number of rotatable bonds is 12. The van der Waals surface area contributed by atoms with Gasteiger partial charge in [-0.2, -0.15) is 0 Å². The average Bonchev–Trinajstić information content (AvgIpc) is 2.84. The second kappa shape index (κ2) is 15.7. The summed E-state index contributed by atoms with van der Waals surface area (Å²) in [6.07, 6.45) is -0.470. The van der Waals surface area contributed by atoms with E-state index in [1.807, 2.05) is 72.8 Å². The molecule has 7 heteroatoms. The molecule has 3 aromatic rings. The molecule has 0 radical (unpaired) electrons. The van der Waals surface area contributed by atoms with Crippen LogP contribution >= 0.6 is 24.8 Å². The van der Waals surface area contributed by atoms with Crippen LogP contribution in [0.5, 0.6) is 5.75 Å². The highest BCUT2D eigenvalue weighted by atomic mass is 35.5.